The van der Waals surface area contributed by atoms with Crippen LogP contribution < -0.4 is 15.8 Å². The number of carbonyl (C=O) groups excluding carboxylic acids is 2. The van der Waals surface area contributed by atoms with Crippen molar-refractivity contribution in [3.63, 3.8) is 0 Å². The summed E-state index contributed by atoms with van der Waals surface area (Å²) in [5, 5.41) is 2.90. The first-order valence-electron chi connectivity index (χ1n) is 7.92. The van der Waals surface area contributed by atoms with Crippen molar-refractivity contribution < 1.29 is 14.3 Å². The lowest BCUT2D eigenvalue weighted by atomic mass is 10.0. The second-order valence-corrected chi connectivity index (χ2v) is 6.53. The van der Waals surface area contributed by atoms with E-state index in [9.17, 15) is 9.59 Å². The molecule has 6 nitrogen and oxygen atoms in total. The van der Waals surface area contributed by atoms with Crippen molar-refractivity contribution >= 4 is 28.3 Å². The van der Waals surface area contributed by atoms with Gasteiger partial charge in [0, 0.05) is 6.42 Å². The standard InChI is InChI=1S/C19H17N3O3S/c20-18(24)16-11-21-19(26-16)22-17(23)12-25-15-9-5-4-8-14(15)10-13-6-2-1-3-7-13/h1-9,11H,10,12H2,(H2,20,24)(H,21,22,23). The van der Waals surface area contributed by atoms with Gasteiger partial charge in [-0.3, -0.25) is 14.9 Å². The fourth-order valence-electron chi connectivity index (χ4n) is 2.35. The number of benzene rings is 2. The normalized spacial score (nSPS) is 10.3. The second-order valence-electron chi connectivity index (χ2n) is 5.50. The Hall–Kier alpha value is -3.19. The molecule has 7 heteroatoms. The molecule has 0 bridgehead atoms. The Morgan fingerprint density at radius 2 is 1.81 bits per heavy atom. The molecule has 0 spiro atoms. The van der Waals surface area contributed by atoms with Gasteiger partial charge < -0.3 is 10.5 Å². The van der Waals surface area contributed by atoms with Crippen LogP contribution in [0, 0.1) is 0 Å². The third kappa shape index (κ3) is 4.67. The Kier molecular flexibility index (Phi) is 5.60. The minimum Gasteiger partial charge on any atom is -0.483 e. The van der Waals surface area contributed by atoms with Gasteiger partial charge in [-0.25, -0.2) is 4.98 Å². The van der Waals surface area contributed by atoms with E-state index in [1.54, 1.807) is 0 Å². The van der Waals surface area contributed by atoms with Crippen LogP contribution in [0.3, 0.4) is 0 Å². The third-order valence-corrected chi connectivity index (χ3v) is 4.49. The van der Waals surface area contributed by atoms with E-state index in [2.05, 4.69) is 10.3 Å². The number of para-hydroxylation sites is 1. The van der Waals surface area contributed by atoms with E-state index >= 15 is 0 Å². The van der Waals surface area contributed by atoms with Crippen LogP contribution >= 0.6 is 11.3 Å². The van der Waals surface area contributed by atoms with E-state index in [0.717, 1.165) is 22.5 Å². The van der Waals surface area contributed by atoms with Crippen LogP contribution in [0.4, 0.5) is 5.13 Å². The van der Waals surface area contributed by atoms with Crippen LogP contribution in [0.1, 0.15) is 20.8 Å². The van der Waals surface area contributed by atoms with E-state index in [-0.39, 0.29) is 17.4 Å². The first-order chi connectivity index (χ1) is 12.6. The molecule has 3 rings (SSSR count). The molecule has 0 saturated heterocycles. The number of anilines is 1. The van der Waals surface area contributed by atoms with Crippen LogP contribution in [-0.4, -0.2) is 23.4 Å². The van der Waals surface area contributed by atoms with Crippen molar-refractivity contribution in [1.29, 1.82) is 0 Å². The van der Waals surface area contributed by atoms with E-state index in [1.807, 2.05) is 54.6 Å². The number of ether oxygens (including phenoxy) is 1. The van der Waals surface area contributed by atoms with E-state index in [1.165, 1.54) is 6.20 Å². The minimum atomic E-state index is -0.575. The summed E-state index contributed by atoms with van der Waals surface area (Å²) in [5.74, 6) is -0.276. The zero-order valence-electron chi connectivity index (χ0n) is 13.8. The maximum absolute atomic E-state index is 12.0. The summed E-state index contributed by atoms with van der Waals surface area (Å²) in [4.78, 5) is 27.3. The zero-order chi connectivity index (χ0) is 18.4. The number of nitrogens with one attached hydrogen (secondary N) is 1. The van der Waals surface area contributed by atoms with Gasteiger partial charge in [0.2, 0.25) is 0 Å². The van der Waals surface area contributed by atoms with Crippen LogP contribution in [0.2, 0.25) is 0 Å². The molecular formula is C19H17N3O3S. The van der Waals surface area contributed by atoms with Crippen molar-refractivity contribution in [1.82, 2.24) is 4.98 Å². The summed E-state index contributed by atoms with van der Waals surface area (Å²) in [6.45, 7) is -0.155. The molecule has 1 heterocycles. The van der Waals surface area contributed by atoms with Gasteiger partial charge in [-0.05, 0) is 17.2 Å². The summed E-state index contributed by atoms with van der Waals surface area (Å²) >= 11 is 1.02. The van der Waals surface area contributed by atoms with Crippen molar-refractivity contribution in [2.75, 3.05) is 11.9 Å². The fourth-order valence-corrected chi connectivity index (χ4v) is 3.04. The van der Waals surface area contributed by atoms with Gasteiger partial charge >= 0.3 is 0 Å². The first-order valence-corrected chi connectivity index (χ1v) is 8.73. The zero-order valence-corrected chi connectivity index (χ0v) is 14.7. The molecule has 0 unspecified atom stereocenters. The minimum absolute atomic E-state index is 0.155. The lowest BCUT2D eigenvalue weighted by molar-refractivity contribution is -0.118. The largest absolute Gasteiger partial charge is 0.483 e. The number of carbonyl (C=O) groups is 2. The number of hydrogen-bond acceptors (Lipinski definition) is 5. The van der Waals surface area contributed by atoms with Crippen LogP contribution in [0.15, 0.2) is 60.8 Å². The lowest BCUT2D eigenvalue weighted by Crippen LogP contribution is -2.20. The molecule has 3 N–H and O–H groups in total. The van der Waals surface area contributed by atoms with Crippen molar-refractivity contribution in [3.8, 4) is 5.75 Å². The Balaban J connectivity index is 1.60. The van der Waals surface area contributed by atoms with E-state index in [0.29, 0.717) is 17.3 Å². The molecule has 2 aromatic carbocycles. The van der Waals surface area contributed by atoms with Gasteiger partial charge in [0.05, 0.1) is 6.20 Å². The van der Waals surface area contributed by atoms with Crippen LogP contribution in [0.25, 0.3) is 0 Å². The molecule has 0 aliphatic carbocycles. The number of aromatic nitrogens is 1. The molecule has 26 heavy (non-hydrogen) atoms. The molecule has 3 aromatic rings. The maximum atomic E-state index is 12.0. The second kappa shape index (κ2) is 8.26. The van der Waals surface area contributed by atoms with Crippen LogP contribution in [0.5, 0.6) is 5.75 Å². The summed E-state index contributed by atoms with van der Waals surface area (Å²) in [5.41, 5.74) is 7.33. The van der Waals surface area contributed by atoms with Crippen molar-refractivity contribution in [3.05, 3.63) is 76.8 Å². The highest BCUT2D eigenvalue weighted by Gasteiger charge is 2.11. The molecule has 0 atom stereocenters. The summed E-state index contributed by atoms with van der Waals surface area (Å²) in [7, 11) is 0. The van der Waals surface area contributed by atoms with Gasteiger partial charge in [-0.1, -0.05) is 59.9 Å². The number of nitrogens with two attached hydrogens (primary N) is 1. The Morgan fingerprint density at radius 1 is 1.08 bits per heavy atom. The SMILES string of the molecule is NC(=O)c1cnc(NC(=O)COc2ccccc2Cc2ccccc2)s1. The predicted molar refractivity (Wildman–Crippen MR) is 100 cm³/mol. The third-order valence-electron chi connectivity index (χ3n) is 3.56. The van der Waals surface area contributed by atoms with E-state index in [4.69, 9.17) is 10.5 Å². The highest BCUT2D eigenvalue weighted by molar-refractivity contribution is 7.17. The fraction of sp³-hybridized carbons (Fsp3) is 0.105. The van der Waals surface area contributed by atoms with E-state index < -0.39 is 5.91 Å². The average molecular weight is 367 g/mol. The van der Waals surface area contributed by atoms with Crippen molar-refractivity contribution in [2.24, 2.45) is 5.73 Å². The lowest BCUT2D eigenvalue weighted by Gasteiger charge is -2.11. The number of nitrogens with zero attached hydrogens (tertiary/aromatic N) is 1. The molecule has 0 aliphatic heterocycles. The highest BCUT2D eigenvalue weighted by atomic mass is 32.1. The number of amides is 2. The Bertz CT molecular complexity index is 909. The molecule has 2 amide bonds. The maximum Gasteiger partial charge on any atom is 0.264 e. The van der Waals surface area contributed by atoms with Gasteiger partial charge in [0.15, 0.2) is 11.7 Å². The number of rotatable bonds is 7. The molecule has 132 valence electrons. The number of primary amides is 1. The summed E-state index contributed by atoms with van der Waals surface area (Å²) < 4.78 is 5.67. The van der Waals surface area contributed by atoms with Crippen LogP contribution in [-0.2, 0) is 11.2 Å². The topological polar surface area (TPSA) is 94.3 Å². The highest BCUT2D eigenvalue weighted by Crippen LogP contribution is 2.22. The molecule has 0 saturated carbocycles. The average Bonchev–Trinajstić information content (AvgIpc) is 3.11. The molecule has 0 fully saturated rings. The van der Waals surface area contributed by atoms with Gasteiger partial charge in [0.25, 0.3) is 11.8 Å². The summed E-state index contributed by atoms with van der Waals surface area (Å²) in [6, 6.07) is 17.6. The van der Waals surface area contributed by atoms with Gasteiger partial charge in [0.1, 0.15) is 10.6 Å². The van der Waals surface area contributed by atoms with Gasteiger partial charge in [-0.15, -0.1) is 0 Å². The monoisotopic (exact) mass is 367 g/mol. The number of hydrogen-bond donors (Lipinski definition) is 2. The van der Waals surface area contributed by atoms with Gasteiger partial charge in [-0.2, -0.15) is 0 Å². The molecular weight excluding hydrogens is 350 g/mol. The van der Waals surface area contributed by atoms with Crippen molar-refractivity contribution in [2.45, 2.75) is 6.42 Å². The molecule has 0 radical (unpaired) electrons. The predicted octanol–water partition coefficient (Wildman–Crippen LogP) is 2.85. The quantitative estimate of drug-likeness (QED) is 0.671. The Labute approximate surface area is 154 Å². The Morgan fingerprint density at radius 3 is 2.54 bits per heavy atom. The molecule has 0 aliphatic rings. The number of thiazole rings is 1. The smallest absolute Gasteiger partial charge is 0.264 e. The first kappa shape index (κ1) is 17.6. The molecule has 1 aromatic heterocycles. The summed E-state index contributed by atoms with van der Waals surface area (Å²) in [6.07, 6.45) is 2.05.